The van der Waals surface area contributed by atoms with E-state index in [1.54, 1.807) is 6.07 Å². The van der Waals surface area contributed by atoms with Crippen molar-refractivity contribution in [3.63, 3.8) is 0 Å². The number of aromatic amines is 1. The molecule has 0 spiro atoms. The minimum Gasteiger partial charge on any atom is -0.356 e. The zero-order valence-electron chi connectivity index (χ0n) is 9.63. The molecule has 2 aromatic rings. The summed E-state index contributed by atoms with van der Waals surface area (Å²) < 4.78 is 13.0. The van der Waals surface area contributed by atoms with Gasteiger partial charge in [0.15, 0.2) is 0 Å². The van der Waals surface area contributed by atoms with Crippen molar-refractivity contribution in [3.05, 3.63) is 24.0 Å². The molecule has 3 nitrogen and oxygen atoms in total. The molecule has 0 aliphatic rings. The fourth-order valence-electron chi connectivity index (χ4n) is 1.62. The average molecular weight is 300 g/mol. The fraction of sp³-hybridized carbons (Fsp3) is 0.417. The first-order valence-electron chi connectivity index (χ1n) is 5.72. The predicted octanol–water partition coefficient (Wildman–Crippen LogP) is 3.68. The summed E-state index contributed by atoms with van der Waals surface area (Å²) in [6, 6.07) is 4.54. The van der Waals surface area contributed by atoms with Gasteiger partial charge in [0.25, 0.3) is 0 Å². The van der Waals surface area contributed by atoms with Crippen LogP contribution in [0.3, 0.4) is 0 Å². The van der Waals surface area contributed by atoms with Crippen LogP contribution in [0.2, 0.25) is 0 Å². The van der Waals surface area contributed by atoms with E-state index in [-0.39, 0.29) is 5.82 Å². The molecule has 0 radical (unpaired) electrons. The first kappa shape index (κ1) is 12.4. The summed E-state index contributed by atoms with van der Waals surface area (Å²) in [6.07, 6.45) is 2.13. The molecule has 17 heavy (non-hydrogen) atoms. The van der Waals surface area contributed by atoms with Gasteiger partial charge in [-0.05, 0) is 31.0 Å². The maximum Gasteiger partial charge on any atom is 0.201 e. The predicted molar refractivity (Wildman–Crippen MR) is 72.2 cm³/mol. The number of aromatic nitrogens is 2. The third-order valence-electron chi connectivity index (χ3n) is 2.64. The zero-order chi connectivity index (χ0) is 12.3. The van der Waals surface area contributed by atoms with E-state index in [2.05, 4.69) is 38.1 Å². The number of nitrogens with zero attached hydrogens (tertiary/aromatic N) is 1. The maximum atomic E-state index is 13.0. The molecule has 2 N–H and O–H groups in total. The van der Waals surface area contributed by atoms with Gasteiger partial charge in [0.05, 0.1) is 11.0 Å². The second-order valence-corrected chi connectivity index (χ2v) is 5.26. The number of rotatable bonds is 5. The number of fused-ring (bicyclic) bond motifs is 1. The van der Waals surface area contributed by atoms with E-state index in [0.717, 1.165) is 30.4 Å². The van der Waals surface area contributed by atoms with Crippen molar-refractivity contribution in [1.29, 1.82) is 0 Å². The van der Waals surface area contributed by atoms with Gasteiger partial charge in [-0.1, -0.05) is 22.9 Å². The van der Waals surface area contributed by atoms with Gasteiger partial charge in [-0.2, -0.15) is 0 Å². The Labute approximate surface area is 108 Å². The number of nitrogens with one attached hydrogen (secondary N) is 2. The number of benzene rings is 1. The molecule has 1 aromatic carbocycles. The van der Waals surface area contributed by atoms with Crippen LogP contribution in [0.25, 0.3) is 11.0 Å². The van der Waals surface area contributed by atoms with Crippen LogP contribution in [0, 0.1) is 5.82 Å². The monoisotopic (exact) mass is 299 g/mol. The lowest BCUT2D eigenvalue weighted by Gasteiger charge is -2.06. The molecule has 0 bridgehead atoms. The molecule has 0 aliphatic heterocycles. The average Bonchev–Trinajstić information content (AvgIpc) is 2.70. The number of hydrogen-bond donors (Lipinski definition) is 2. The third-order valence-corrected chi connectivity index (χ3v) is 3.74. The first-order chi connectivity index (χ1) is 8.19. The smallest absolute Gasteiger partial charge is 0.201 e. The van der Waals surface area contributed by atoms with E-state index in [4.69, 9.17) is 0 Å². The van der Waals surface area contributed by atoms with Crippen molar-refractivity contribution in [3.8, 4) is 0 Å². The van der Waals surface area contributed by atoms with Gasteiger partial charge in [0.2, 0.25) is 5.95 Å². The number of imidazole rings is 1. The van der Waals surface area contributed by atoms with Crippen LogP contribution in [0.1, 0.15) is 19.8 Å². The quantitative estimate of drug-likeness (QED) is 0.827. The van der Waals surface area contributed by atoms with Crippen LogP contribution in [-0.4, -0.2) is 21.3 Å². The summed E-state index contributed by atoms with van der Waals surface area (Å²) in [5.74, 6) is 0.445. The van der Waals surface area contributed by atoms with Crippen molar-refractivity contribution in [2.75, 3.05) is 11.9 Å². The highest BCUT2D eigenvalue weighted by Gasteiger charge is 2.04. The van der Waals surface area contributed by atoms with E-state index in [0.29, 0.717) is 10.8 Å². The second-order valence-electron chi connectivity index (χ2n) is 3.97. The molecule has 2 rings (SSSR count). The molecule has 0 saturated heterocycles. The molecular formula is C12H15BrFN3. The van der Waals surface area contributed by atoms with Crippen LogP contribution in [-0.2, 0) is 0 Å². The Morgan fingerprint density at radius 1 is 1.53 bits per heavy atom. The number of hydrogen-bond acceptors (Lipinski definition) is 2. The fourth-order valence-corrected chi connectivity index (χ4v) is 1.85. The van der Waals surface area contributed by atoms with Gasteiger partial charge < -0.3 is 10.3 Å². The SMILES string of the molecule is CCC(Br)CCNc1nc2ccc(F)cc2[nH]1. The van der Waals surface area contributed by atoms with E-state index < -0.39 is 0 Å². The Morgan fingerprint density at radius 3 is 3.12 bits per heavy atom. The van der Waals surface area contributed by atoms with Gasteiger partial charge in [-0.25, -0.2) is 9.37 Å². The summed E-state index contributed by atoms with van der Waals surface area (Å²) in [7, 11) is 0. The van der Waals surface area contributed by atoms with Gasteiger partial charge in [0, 0.05) is 11.4 Å². The van der Waals surface area contributed by atoms with E-state index in [1.165, 1.54) is 12.1 Å². The largest absolute Gasteiger partial charge is 0.356 e. The second kappa shape index (κ2) is 5.49. The lowest BCUT2D eigenvalue weighted by Crippen LogP contribution is -2.08. The summed E-state index contributed by atoms with van der Waals surface area (Å²) in [6.45, 7) is 2.98. The van der Waals surface area contributed by atoms with Gasteiger partial charge in [0.1, 0.15) is 5.82 Å². The highest BCUT2D eigenvalue weighted by Crippen LogP contribution is 2.16. The van der Waals surface area contributed by atoms with Crippen molar-refractivity contribution in [2.45, 2.75) is 24.6 Å². The Balaban J connectivity index is 1.99. The van der Waals surface area contributed by atoms with Crippen LogP contribution >= 0.6 is 15.9 Å². The molecule has 1 heterocycles. The molecule has 0 saturated carbocycles. The Hall–Kier alpha value is -1.10. The van der Waals surface area contributed by atoms with Crippen LogP contribution < -0.4 is 5.32 Å². The molecule has 1 unspecified atom stereocenters. The van der Waals surface area contributed by atoms with Crippen molar-refractivity contribution in [1.82, 2.24) is 9.97 Å². The maximum absolute atomic E-state index is 13.0. The standard InChI is InChI=1S/C12H15BrFN3/c1-2-8(13)5-6-15-12-16-10-4-3-9(14)7-11(10)17-12/h3-4,7-8H,2,5-6H2,1H3,(H2,15,16,17). The molecule has 0 fully saturated rings. The van der Waals surface area contributed by atoms with Crippen LogP contribution in [0.15, 0.2) is 18.2 Å². The van der Waals surface area contributed by atoms with Crippen LogP contribution in [0.5, 0.6) is 0 Å². The van der Waals surface area contributed by atoms with E-state index >= 15 is 0 Å². The number of alkyl halides is 1. The Kier molecular flexibility index (Phi) is 3.99. The highest BCUT2D eigenvalue weighted by atomic mass is 79.9. The molecule has 1 atom stereocenters. The molecule has 0 amide bonds. The number of H-pyrrole nitrogens is 1. The van der Waals surface area contributed by atoms with Gasteiger partial charge >= 0.3 is 0 Å². The van der Waals surface area contributed by atoms with Gasteiger partial charge in [-0.15, -0.1) is 0 Å². The molecule has 1 aromatic heterocycles. The normalized spacial score (nSPS) is 12.9. The van der Waals surface area contributed by atoms with E-state index in [1.807, 2.05) is 0 Å². The summed E-state index contributed by atoms with van der Waals surface area (Å²) >= 11 is 3.57. The summed E-state index contributed by atoms with van der Waals surface area (Å²) in [5, 5.41) is 3.20. The minimum atomic E-state index is -0.251. The molecule has 92 valence electrons. The minimum absolute atomic E-state index is 0.251. The van der Waals surface area contributed by atoms with Crippen molar-refractivity contribution >= 4 is 32.9 Å². The first-order valence-corrected chi connectivity index (χ1v) is 6.64. The number of halogens is 2. The Bertz CT molecular complexity index is 497. The summed E-state index contributed by atoms with van der Waals surface area (Å²) in [5.41, 5.74) is 1.50. The zero-order valence-corrected chi connectivity index (χ0v) is 11.2. The lowest BCUT2D eigenvalue weighted by molar-refractivity contribution is 0.629. The van der Waals surface area contributed by atoms with E-state index in [9.17, 15) is 4.39 Å². The van der Waals surface area contributed by atoms with Crippen LogP contribution in [0.4, 0.5) is 10.3 Å². The summed E-state index contributed by atoms with van der Waals surface area (Å²) in [4.78, 5) is 7.90. The third kappa shape index (κ3) is 3.19. The topological polar surface area (TPSA) is 40.7 Å². The molecule has 0 aliphatic carbocycles. The molecule has 5 heteroatoms. The van der Waals surface area contributed by atoms with Gasteiger partial charge in [-0.3, -0.25) is 0 Å². The Morgan fingerprint density at radius 2 is 2.35 bits per heavy atom. The number of anilines is 1. The highest BCUT2D eigenvalue weighted by molar-refractivity contribution is 9.09. The van der Waals surface area contributed by atoms with Crippen molar-refractivity contribution < 1.29 is 4.39 Å². The molecular weight excluding hydrogens is 285 g/mol. The van der Waals surface area contributed by atoms with Crippen molar-refractivity contribution in [2.24, 2.45) is 0 Å². The lowest BCUT2D eigenvalue weighted by atomic mass is 10.2.